The Hall–Kier alpha value is -0.625. The molecule has 4 nitrogen and oxygen atoms in total. The van der Waals surface area contributed by atoms with Gasteiger partial charge in [0.05, 0.1) is 0 Å². The van der Waals surface area contributed by atoms with Crippen molar-refractivity contribution in [2.24, 2.45) is 0 Å². The maximum Gasteiger partial charge on any atom is 0.491 e. The van der Waals surface area contributed by atoms with Crippen molar-refractivity contribution in [1.82, 2.24) is 0 Å². The first-order valence-corrected chi connectivity index (χ1v) is 4.82. The Morgan fingerprint density at radius 1 is 1.47 bits per heavy atom. The molecule has 0 atom stereocenters. The minimum absolute atomic E-state index is 0.102. The quantitative estimate of drug-likeness (QED) is 0.612. The predicted molar refractivity (Wildman–Crippen MR) is 56.4 cm³/mol. The van der Waals surface area contributed by atoms with E-state index in [0.29, 0.717) is 4.47 Å². The second-order valence-corrected chi connectivity index (χ2v) is 3.65. The van der Waals surface area contributed by atoms with Crippen molar-refractivity contribution in [3.05, 3.63) is 22.4 Å². The summed E-state index contributed by atoms with van der Waals surface area (Å²) in [5, 5.41) is 17.8. The second kappa shape index (κ2) is 5.46. The molecule has 0 unspecified atom stereocenters. The Balaban J connectivity index is 3.05. The fourth-order valence-corrected chi connectivity index (χ4v) is 1.45. The number of hydrogen-bond donors (Lipinski definition) is 2. The smallest absolute Gasteiger partial charge is 0.464 e. The van der Waals surface area contributed by atoms with Gasteiger partial charge in [-0.2, -0.15) is 0 Å². The molecule has 2 N–H and O–H groups in total. The van der Waals surface area contributed by atoms with Crippen LogP contribution in [-0.2, 0) is 4.74 Å². The zero-order valence-electron chi connectivity index (χ0n) is 7.91. The maximum absolute atomic E-state index is 13.5. The lowest BCUT2D eigenvalue weighted by Crippen LogP contribution is -2.33. The summed E-state index contributed by atoms with van der Waals surface area (Å²) in [6, 6.07) is 2.64. The van der Waals surface area contributed by atoms with Gasteiger partial charge in [-0.3, -0.25) is 0 Å². The van der Waals surface area contributed by atoms with Gasteiger partial charge >= 0.3 is 7.12 Å². The first-order chi connectivity index (χ1) is 7.06. The van der Waals surface area contributed by atoms with Crippen molar-refractivity contribution in [3.63, 3.8) is 0 Å². The monoisotopic (exact) mass is 278 g/mol. The van der Waals surface area contributed by atoms with Gasteiger partial charge in [-0.1, -0.05) is 15.9 Å². The van der Waals surface area contributed by atoms with Crippen molar-refractivity contribution in [2.75, 3.05) is 13.9 Å². The molecule has 82 valence electrons. The number of halogens is 2. The molecule has 0 fully saturated rings. The summed E-state index contributed by atoms with van der Waals surface area (Å²) in [7, 11) is -0.482. The topological polar surface area (TPSA) is 58.9 Å². The lowest BCUT2D eigenvalue weighted by atomic mass is 9.80. The van der Waals surface area contributed by atoms with E-state index in [1.807, 2.05) is 0 Å². The van der Waals surface area contributed by atoms with Gasteiger partial charge in [0.15, 0.2) is 18.4 Å². The van der Waals surface area contributed by atoms with Crippen LogP contribution < -0.4 is 10.2 Å². The number of rotatable bonds is 4. The van der Waals surface area contributed by atoms with Crippen LogP contribution in [0.4, 0.5) is 4.39 Å². The lowest BCUT2D eigenvalue weighted by molar-refractivity contribution is 0.0483. The summed E-state index contributed by atoms with van der Waals surface area (Å²) in [6.45, 7) is -0.117. The lowest BCUT2D eigenvalue weighted by Gasteiger charge is -2.09. The Labute approximate surface area is 94.9 Å². The molecule has 1 aromatic carbocycles. The highest BCUT2D eigenvalue weighted by Gasteiger charge is 2.20. The van der Waals surface area contributed by atoms with Crippen LogP contribution in [0.1, 0.15) is 0 Å². The van der Waals surface area contributed by atoms with Crippen LogP contribution >= 0.6 is 15.9 Å². The third-order valence-corrected chi connectivity index (χ3v) is 2.10. The minimum atomic E-state index is -1.88. The molecule has 0 radical (unpaired) electrons. The van der Waals surface area contributed by atoms with Gasteiger partial charge in [0.1, 0.15) is 0 Å². The molecule has 0 bridgehead atoms. The van der Waals surface area contributed by atoms with Gasteiger partial charge in [-0.05, 0) is 12.1 Å². The van der Waals surface area contributed by atoms with Crippen LogP contribution in [0.3, 0.4) is 0 Å². The minimum Gasteiger partial charge on any atom is -0.464 e. The average molecular weight is 279 g/mol. The zero-order valence-corrected chi connectivity index (χ0v) is 9.49. The van der Waals surface area contributed by atoms with Crippen LogP contribution in [0, 0.1) is 5.82 Å². The molecule has 7 heteroatoms. The summed E-state index contributed by atoms with van der Waals surface area (Å²) in [6.07, 6.45) is 0. The molecule has 1 aromatic rings. The van der Waals surface area contributed by atoms with Crippen LogP contribution in [0.25, 0.3) is 0 Å². The Kier molecular flexibility index (Phi) is 4.53. The van der Waals surface area contributed by atoms with Gasteiger partial charge in [0, 0.05) is 17.0 Å². The molecular weight excluding hydrogens is 270 g/mol. The average Bonchev–Trinajstić information content (AvgIpc) is 2.18. The van der Waals surface area contributed by atoms with E-state index in [4.69, 9.17) is 14.8 Å². The van der Waals surface area contributed by atoms with Crippen molar-refractivity contribution < 1.29 is 23.9 Å². The SMILES string of the molecule is COCOc1cc(Br)cc(B(O)O)c1F. The van der Waals surface area contributed by atoms with Gasteiger partial charge in [0.2, 0.25) is 0 Å². The van der Waals surface area contributed by atoms with E-state index in [1.54, 1.807) is 0 Å². The first-order valence-electron chi connectivity index (χ1n) is 4.03. The van der Waals surface area contributed by atoms with Crippen molar-refractivity contribution >= 4 is 28.5 Å². The molecule has 0 saturated heterocycles. The molecule has 0 spiro atoms. The number of methoxy groups -OCH3 is 1. The highest BCUT2D eigenvalue weighted by molar-refractivity contribution is 9.10. The highest BCUT2D eigenvalue weighted by atomic mass is 79.9. The Bertz CT molecular complexity index is 348. The van der Waals surface area contributed by atoms with E-state index in [0.717, 1.165) is 0 Å². The molecule has 0 amide bonds. The van der Waals surface area contributed by atoms with Crippen molar-refractivity contribution in [3.8, 4) is 5.75 Å². The number of benzene rings is 1. The van der Waals surface area contributed by atoms with Crippen LogP contribution in [-0.4, -0.2) is 31.1 Å². The zero-order chi connectivity index (χ0) is 11.4. The summed E-state index contributed by atoms with van der Waals surface area (Å²) < 4.78 is 23.5. The molecule has 0 aliphatic carbocycles. The number of ether oxygens (including phenoxy) is 2. The van der Waals surface area contributed by atoms with E-state index in [1.165, 1.54) is 19.2 Å². The van der Waals surface area contributed by atoms with E-state index < -0.39 is 12.9 Å². The largest absolute Gasteiger partial charge is 0.491 e. The molecular formula is C8H9BBrFO4. The molecule has 0 saturated carbocycles. The first kappa shape index (κ1) is 12.4. The fourth-order valence-electron chi connectivity index (χ4n) is 1.000. The fraction of sp³-hybridized carbons (Fsp3) is 0.250. The van der Waals surface area contributed by atoms with Gasteiger partial charge in [-0.25, -0.2) is 4.39 Å². The molecule has 15 heavy (non-hydrogen) atoms. The highest BCUT2D eigenvalue weighted by Crippen LogP contribution is 2.21. The van der Waals surface area contributed by atoms with Crippen LogP contribution in [0.15, 0.2) is 16.6 Å². The maximum atomic E-state index is 13.5. The standard InChI is InChI=1S/C8H9BBrFO4/c1-14-4-15-7-3-5(10)2-6(8(7)11)9(12)13/h2-3,12-13H,4H2,1H3. The second-order valence-electron chi connectivity index (χ2n) is 2.73. The summed E-state index contributed by atoms with van der Waals surface area (Å²) in [5.41, 5.74) is -0.254. The van der Waals surface area contributed by atoms with Crippen molar-refractivity contribution in [2.45, 2.75) is 0 Å². The molecule has 0 aliphatic rings. The predicted octanol–water partition coefficient (Wildman–Crippen LogP) is 0.251. The summed E-state index contributed by atoms with van der Waals surface area (Å²) in [4.78, 5) is 0. The Morgan fingerprint density at radius 3 is 2.67 bits per heavy atom. The Morgan fingerprint density at radius 2 is 2.13 bits per heavy atom. The van der Waals surface area contributed by atoms with Crippen LogP contribution in [0.2, 0.25) is 0 Å². The van der Waals surface area contributed by atoms with E-state index in [-0.39, 0.29) is 18.0 Å². The third-order valence-electron chi connectivity index (χ3n) is 1.64. The van der Waals surface area contributed by atoms with Gasteiger partial charge in [-0.15, -0.1) is 0 Å². The van der Waals surface area contributed by atoms with E-state index in [9.17, 15) is 4.39 Å². The van der Waals surface area contributed by atoms with Crippen LogP contribution in [0.5, 0.6) is 5.75 Å². The van der Waals surface area contributed by atoms with Crippen molar-refractivity contribution in [1.29, 1.82) is 0 Å². The number of hydrogen-bond acceptors (Lipinski definition) is 4. The molecule has 1 rings (SSSR count). The summed E-state index contributed by atoms with van der Waals surface area (Å²) in [5.74, 6) is -0.917. The summed E-state index contributed by atoms with van der Waals surface area (Å²) >= 11 is 3.10. The molecule has 0 aromatic heterocycles. The van der Waals surface area contributed by atoms with Gasteiger partial charge in [0.25, 0.3) is 0 Å². The third kappa shape index (κ3) is 3.17. The molecule has 0 aliphatic heterocycles. The van der Waals surface area contributed by atoms with E-state index >= 15 is 0 Å². The normalized spacial score (nSPS) is 10.2. The van der Waals surface area contributed by atoms with E-state index in [2.05, 4.69) is 20.7 Å². The molecule has 0 heterocycles. The van der Waals surface area contributed by atoms with Gasteiger partial charge < -0.3 is 19.5 Å².